The number of nitrogens with zero attached hydrogens (tertiary/aromatic N) is 1. The summed E-state index contributed by atoms with van der Waals surface area (Å²) in [6.45, 7) is 5.17. The molecule has 1 fully saturated rings. The normalized spacial score (nSPS) is 17.2. The largest absolute Gasteiger partial charge is 0.356 e. The number of piperidine rings is 1. The van der Waals surface area contributed by atoms with Crippen LogP contribution < -0.4 is 5.32 Å². The van der Waals surface area contributed by atoms with E-state index in [9.17, 15) is 17.6 Å². The van der Waals surface area contributed by atoms with Crippen molar-refractivity contribution in [1.29, 1.82) is 0 Å². The van der Waals surface area contributed by atoms with Gasteiger partial charge in [0.1, 0.15) is 5.82 Å². The average molecular weight is 377 g/mol. The monoisotopic (exact) mass is 376 g/mol. The third kappa shape index (κ3) is 4.46. The molecule has 0 aliphatic carbocycles. The standard InChI is InChI=1S/C16H22ClFN2O3S/c1-11(2)10-19-16(21)12-5-7-20(8-6-12)24(22,23)13-3-4-15(18)14(17)9-13/h3-4,9,11-12H,5-8,10H2,1-2H3,(H,19,21). The van der Waals surface area contributed by atoms with Gasteiger partial charge in [0.25, 0.3) is 0 Å². The number of nitrogens with one attached hydrogen (secondary N) is 1. The van der Waals surface area contributed by atoms with Gasteiger partial charge in [-0.15, -0.1) is 0 Å². The molecule has 0 saturated carbocycles. The number of carbonyl (C=O) groups is 1. The molecule has 0 bridgehead atoms. The van der Waals surface area contributed by atoms with E-state index in [-0.39, 0.29) is 34.8 Å². The highest BCUT2D eigenvalue weighted by Crippen LogP contribution is 2.26. The molecule has 5 nitrogen and oxygen atoms in total. The Balaban J connectivity index is 2.00. The Hall–Kier alpha value is -1.18. The quantitative estimate of drug-likeness (QED) is 0.859. The second kappa shape index (κ2) is 7.80. The van der Waals surface area contributed by atoms with Gasteiger partial charge >= 0.3 is 0 Å². The molecule has 8 heteroatoms. The fraction of sp³-hybridized carbons (Fsp3) is 0.562. The molecule has 0 unspecified atom stereocenters. The number of carbonyl (C=O) groups excluding carboxylic acids is 1. The lowest BCUT2D eigenvalue weighted by Gasteiger charge is -2.30. The molecule has 1 aliphatic rings. The molecule has 0 atom stereocenters. The Labute approximate surface area is 147 Å². The van der Waals surface area contributed by atoms with Gasteiger partial charge in [-0.1, -0.05) is 25.4 Å². The smallest absolute Gasteiger partial charge is 0.243 e. The molecule has 2 rings (SSSR count). The molecule has 1 saturated heterocycles. The number of amides is 1. The number of rotatable bonds is 5. The molecular formula is C16H22ClFN2O3S. The number of hydrogen-bond donors (Lipinski definition) is 1. The number of benzene rings is 1. The SMILES string of the molecule is CC(C)CNC(=O)C1CCN(S(=O)(=O)c2ccc(F)c(Cl)c2)CC1. The maximum absolute atomic E-state index is 13.2. The van der Waals surface area contributed by atoms with Crippen LogP contribution in [0.3, 0.4) is 0 Å². The zero-order chi connectivity index (χ0) is 17.9. The summed E-state index contributed by atoms with van der Waals surface area (Å²) < 4.78 is 39.7. The Bertz CT molecular complexity index is 701. The van der Waals surface area contributed by atoms with Crippen LogP contribution >= 0.6 is 11.6 Å². The topological polar surface area (TPSA) is 66.5 Å². The molecule has 1 aromatic rings. The highest BCUT2D eigenvalue weighted by molar-refractivity contribution is 7.89. The molecule has 1 N–H and O–H groups in total. The minimum absolute atomic E-state index is 0.0226. The maximum atomic E-state index is 13.2. The van der Waals surface area contributed by atoms with Gasteiger partial charge < -0.3 is 5.32 Å². The van der Waals surface area contributed by atoms with Crippen molar-refractivity contribution in [3.05, 3.63) is 29.0 Å². The van der Waals surface area contributed by atoms with E-state index >= 15 is 0 Å². The maximum Gasteiger partial charge on any atom is 0.243 e. The average Bonchev–Trinajstić information content (AvgIpc) is 2.55. The molecule has 1 aromatic carbocycles. The van der Waals surface area contributed by atoms with Crippen LogP contribution in [0.1, 0.15) is 26.7 Å². The van der Waals surface area contributed by atoms with E-state index in [2.05, 4.69) is 5.32 Å². The van der Waals surface area contributed by atoms with Crippen LogP contribution in [-0.2, 0) is 14.8 Å². The highest BCUT2D eigenvalue weighted by atomic mass is 35.5. The van der Waals surface area contributed by atoms with Crippen molar-refractivity contribution < 1.29 is 17.6 Å². The second-order valence-corrected chi connectivity index (χ2v) is 8.74. The minimum Gasteiger partial charge on any atom is -0.356 e. The predicted octanol–water partition coefficient (Wildman–Crippen LogP) is 2.65. The summed E-state index contributed by atoms with van der Waals surface area (Å²) in [4.78, 5) is 12.0. The zero-order valence-electron chi connectivity index (χ0n) is 13.8. The van der Waals surface area contributed by atoms with E-state index in [0.29, 0.717) is 25.3 Å². The first-order valence-corrected chi connectivity index (χ1v) is 9.76. The van der Waals surface area contributed by atoms with Crippen molar-refractivity contribution in [2.24, 2.45) is 11.8 Å². The Morgan fingerprint density at radius 3 is 2.54 bits per heavy atom. The van der Waals surface area contributed by atoms with Crippen LogP contribution in [-0.4, -0.2) is 38.3 Å². The Kier molecular flexibility index (Phi) is 6.22. The van der Waals surface area contributed by atoms with Crippen LogP contribution in [0.2, 0.25) is 5.02 Å². The third-order valence-electron chi connectivity index (χ3n) is 4.04. The van der Waals surface area contributed by atoms with E-state index in [1.54, 1.807) is 0 Å². The van der Waals surface area contributed by atoms with Gasteiger partial charge in [-0.3, -0.25) is 4.79 Å². The number of halogens is 2. The van der Waals surface area contributed by atoms with Gasteiger partial charge in [0.2, 0.25) is 15.9 Å². The lowest BCUT2D eigenvalue weighted by molar-refractivity contribution is -0.126. The van der Waals surface area contributed by atoms with Crippen molar-refractivity contribution in [1.82, 2.24) is 9.62 Å². The third-order valence-corrected chi connectivity index (χ3v) is 6.22. The minimum atomic E-state index is -3.73. The van der Waals surface area contributed by atoms with Crippen LogP contribution in [0.5, 0.6) is 0 Å². The molecule has 24 heavy (non-hydrogen) atoms. The van der Waals surface area contributed by atoms with Gasteiger partial charge in [-0.05, 0) is 37.0 Å². The van der Waals surface area contributed by atoms with E-state index in [4.69, 9.17) is 11.6 Å². The molecule has 0 aromatic heterocycles. The van der Waals surface area contributed by atoms with Crippen molar-refractivity contribution in [2.75, 3.05) is 19.6 Å². The van der Waals surface area contributed by atoms with Crippen molar-refractivity contribution in [3.8, 4) is 0 Å². The van der Waals surface area contributed by atoms with Crippen molar-refractivity contribution in [3.63, 3.8) is 0 Å². The number of sulfonamides is 1. The van der Waals surface area contributed by atoms with Gasteiger partial charge in [0.05, 0.1) is 9.92 Å². The zero-order valence-corrected chi connectivity index (χ0v) is 15.3. The summed E-state index contributed by atoms with van der Waals surface area (Å²) in [6.07, 6.45) is 0.941. The van der Waals surface area contributed by atoms with E-state index in [1.165, 1.54) is 10.4 Å². The fourth-order valence-corrected chi connectivity index (χ4v) is 4.34. The highest BCUT2D eigenvalue weighted by Gasteiger charge is 2.32. The van der Waals surface area contributed by atoms with Gasteiger partial charge in [0.15, 0.2) is 0 Å². The lowest BCUT2D eigenvalue weighted by atomic mass is 9.97. The molecule has 1 amide bonds. The summed E-state index contributed by atoms with van der Waals surface area (Å²) in [7, 11) is -3.73. The first kappa shape index (κ1) is 19.1. The molecule has 1 aliphatic heterocycles. The summed E-state index contributed by atoms with van der Waals surface area (Å²) in [5, 5.41) is 2.66. The summed E-state index contributed by atoms with van der Waals surface area (Å²) >= 11 is 5.67. The molecule has 0 spiro atoms. The fourth-order valence-electron chi connectivity index (χ4n) is 2.59. The molecule has 1 heterocycles. The van der Waals surface area contributed by atoms with E-state index < -0.39 is 15.8 Å². The van der Waals surface area contributed by atoms with Crippen LogP contribution in [0, 0.1) is 17.7 Å². The van der Waals surface area contributed by atoms with Crippen molar-refractivity contribution in [2.45, 2.75) is 31.6 Å². The molecule has 134 valence electrons. The summed E-state index contributed by atoms with van der Waals surface area (Å²) in [6, 6.07) is 3.37. The Morgan fingerprint density at radius 1 is 1.38 bits per heavy atom. The van der Waals surface area contributed by atoms with E-state index in [0.717, 1.165) is 12.1 Å². The predicted molar refractivity (Wildman–Crippen MR) is 90.7 cm³/mol. The van der Waals surface area contributed by atoms with E-state index in [1.807, 2.05) is 13.8 Å². The lowest BCUT2D eigenvalue weighted by Crippen LogP contribution is -2.43. The number of hydrogen-bond acceptors (Lipinski definition) is 3. The van der Waals surface area contributed by atoms with Crippen LogP contribution in [0.25, 0.3) is 0 Å². The van der Waals surface area contributed by atoms with Crippen LogP contribution in [0.15, 0.2) is 23.1 Å². The first-order valence-electron chi connectivity index (χ1n) is 7.94. The van der Waals surface area contributed by atoms with Gasteiger partial charge in [0, 0.05) is 25.6 Å². The molecule has 0 radical (unpaired) electrons. The summed E-state index contributed by atoms with van der Waals surface area (Å²) in [5.74, 6) is -0.480. The van der Waals surface area contributed by atoms with Gasteiger partial charge in [-0.2, -0.15) is 4.31 Å². The summed E-state index contributed by atoms with van der Waals surface area (Å²) in [5.41, 5.74) is 0. The van der Waals surface area contributed by atoms with Crippen LogP contribution in [0.4, 0.5) is 4.39 Å². The second-order valence-electron chi connectivity index (χ2n) is 6.39. The Morgan fingerprint density at radius 2 is 2.00 bits per heavy atom. The van der Waals surface area contributed by atoms with Crippen molar-refractivity contribution >= 4 is 27.5 Å². The first-order chi connectivity index (χ1) is 11.2. The van der Waals surface area contributed by atoms with Gasteiger partial charge in [-0.25, -0.2) is 12.8 Å². The molecular weight excluding hydrogens is 355 g/mol.